The third kappa shape index (κ3) is 5.53. The number of benzene rings is 1. The van der Waals surface area contributed by atoms with Gasteiger partial charge in [0.05, 0.1) is 6.54 Å². The molecule has 1 N–H and O–H groups in total. The van der Waals surface area contributed by atoms with Crippen LogP contribution in [-0.2, 0) is 11.3 Å². The third-order valence-corrected chi connectivity index (χ3v) is 5.53. The van der Waals surface area contributed by atoms with E-state index < -0.39 is 0 Å². The maximum Gasteiger partial charge on any atom is 0.236 e. The molecule has 0 bridgehead atoms. The van der Waals surface area contributed by atoms with Gasteiger partial charge in [-0.3, -0.25) is 14.6 Å². The van der Waals surface area contributed by atoms with Crippen LogP contribution in [0.25, 0.3) is 0 Å². The SMILES string of the molecule is CNCC1CCN(C(=O)CN2CCN(Cc3ccccc3)CC2)CC1. The Labute approximate surface area is 152 Å². The molecule has 5 nitrogen and oxygen atoms in total. The van der Waals surface area contributed by atoms with Gasteiger partial charge >= 0.3 is 0 Å². The van der Waals surface area contributed by atoms with E-state index in [1.165, 1.54) is 5.56 Å². The zero-order valence-corrected chi connectivity index (χ0v) is 15.5. The lowest BCUT2D eigenvalue weighted by atomic mass is 9.97. The summed E-state index contributed by atoms with van der Waals surface area (Å²) in [6, 6.07) is 10.6. The molecule has 2 heterocycles. The molecule has 1 aromatic rings. The molecule has 25 heavy (non-hydrogen) atoms. The number of hydrogen-bond acceptors (Lipinski definition) is 4. The summed E-state index contributed by atoms with van der Waals surface area (Å²) >= 11 is 0. The number of carbonyl (C=O) groups excluding carboxylic acids is 1. The Bertz CT molecular complexity index is 520. The highest BCUT2D eigenvalue weighted by Crippen LogP contribution is 2.17. The van der Waals surface area contributed by atoms with Crippen LogP contribution in [0, 0.1) is 5.92 Å². The highest BCUT2D eigenvalue weighted by atomic mass is 16.2. The summed E-state index contributed by atoms with van der Waals surface area (Å²) in [4.78, 5) is 19.4. The fraction of sp³-hybridized carbons (Fsp3) is 0.650. The van der Waals surface area contributed by atoms with Crippen LogP contribution in [0.4, 0.5) is 0 Å². The van der Waals surface area contributed by atoms with Crippen molar-refractivity contribution in [3.63, 3.8) is 0 Å². The van der Waals surface area contributed by atoms with Crippen molar-refractivity contribution < 1.29 is 4.79 Å². The minimum Gasteiger partial charge on any atom is -0.342 e. The molecule has 5 heteroatoms. The van der Waals surface area contributed by atoms with Crippen molar-refractivity contribution in [1.29, 1.82) is 0 Å². The number of carbonyl (C=O) groups is 1. The van der Waals surface area contributed by atoms with E-state index in [1.807, 2.05) is 7.05 Å². The Balaban J connectivity index is 1.37. The molecule has 1 aromatic carbocycles. The number of hydrogen-bond donors (Lipinski definition) is 1. The average Bonchev–Trinajstić information content (AvgIpc) is 2.65. The third-order valence-electron chi connectivity index (χ3n) is 5.53. The molecule has 2 aliphatic rings. The number of amides is 1. The summed E-state index contributed by atoms with van der Waals surface area (Å²) in [5, 5.41) is 3.25. The van der Waals surface area contributed by atoms with Gasteiger partial charge in [0.1, 0.15) is 0 Å². The van der Waals surface area contributed by atoms with Crippen molar-refractivity contribution in [3.05, 3.63) is 35.9 Å². The predicted octanol–water partition coefficient (Wildman–Crippen LogP) is 1.26. The average molecular weight is 345 g/mol. The van der Waals surface area contributed by atoms with E-state index in [0.29, 0.717) is 12.5 Å². The smallest absolute Gasteiger partial charge is 0.236 e. The first-order valence-corrected chi connectivity index (χ1v) is 9.65. The van der Waals surface area contributed by atoms with Gasteiger partial charge in [0.25, 0.3) is 0 Å². The first kappa shape index (κ1) is 18.4. The van der Waals surface area contributed by atoms with Crippen LogP contribution >= 0.6 is 0 Å². The lowest BCUT2D eigenvalue weighted by Gasteiger charge is -2.37. The Hall–Kier alpha value is -1.43. The van der Waals surface area contributed by atoms with E-state index in [0.717, 1.165) is 71.1 Å². The summed E-state index contributed by atoms with van der Waals surface area (Å²) in [6.07, 6.45) is 2.27. The molecule has 0 saturated carbocycles. The van der Waals surface area contributed by atoms with Crippen LogP contribution in [0.5, 0.6) is 0 Å². The minimum atomic E-state index is 0.319. The fourth-order valence-corrected chi connectivity index (χ4v) is 3.91. The second-order valence-corrected chi connectivity index (χ2v) is 7.42. The molecular weight excluding hydrogens is 312 g/mol. The molecule has 2 saturated heterocycles. The largest absolute Gasteiger partial charge is 0.342 e. The van der Waals surface area contributed by atoms with Crippen LogP contribution in [0.3, 0.4) is 0 Å². The molecule has 0 unspecified atom stereocenters. The Morgan fingerprint density at radius 3 is 2.28 bits per heavy atom. The van der Waals surface area contributed by atoms with Crippen LogP contribution in [-0.4, -0.2) is 80.0 Å². The highest BCUT2D eigenvalue weighted by Gasteiger charge is 2.25. The summed E-state index contributed by atoms with van der Waals surface area (Å²) in [6.45, 7) is 8.63. The van der Waals surface area contributed by atoms with E-state index in [4.69, 9.17) is 0 Å². The lowest BCUT2D eigenvalue weighted by molar-refractivity contribution is -0.134. The maximum absolute atomic E-state index is 12.6. The van der Waals surface area contributed by atoms with Gasteiger partial charge in [-0.2, -0.15) is 0 Å². The molecule has 0 aliphatic carbocycles. The second kappa shape index (κ2) is 9.32. The van der Waals surface area contributed by atoms with Crippen LogP contribution in [0.2, 0.25) is 0 Å². The normalized spacial score (nSPS) is 20.8. The number of piperidine rings is 1. The van der Waals surface area contributed by atoms with Crippen LogP contribution in [0.1, 0.15) is 18.4 Å². The number of piperazine rings is 1. The highest BCUT2D eigenvalue weighted by molar-refractivity contribution is 5.78. The molecule has 0 aromatic heterocycles. The zero-order valence-electron chi connectivity index (χ0n) is 15.5. The predicted molar refractivity (Wildman–Crippen MR) is 101 cm³/mol. The van der Waals surface area contributed by atoms with E-state index in [1.54, 1.807) is 0 Å². The van der Waals surface area contributed by atoms with Crippen molar-refractivity contribution in [2.24, 2.45) is 5.92 Å². The summed E-state index contributed by atoms with van der Waals surface area (Å²) in [5.74, 6) is 1.05. The monoisotopic (exact) mass is 344 g/mol. The summed E-state index contributed by atoms with van der Waals surface area (Å²) < 4.78 is 0. The molecule has 0 radical (unpaired) electrons. The van der Waals surface area contributed by atoms with Gasteiger partial charge in [0, 0.05) is 45.8 Å². The standard InChI is InChI=1S/C20H32N4O/c1-21-15-18-7-9-24(10-8-18)20(25)17-23-13-11-22(12-14-23)16-19-5-3-2-4-6-19/h2-6,18,21H,7-17H2,1H3. The Kier molecular flexibility index (Phi) is 6.84. The molecular formula is C20H32N4O. The number of nitrogens with zero attached hydrogens (tertiary/aromatic N) is 3. The van der Waals surface area contributed by atoms with Gasteiger partial charge in [-0.25, -0.2) is 0 Å². The van der Waals surface area contributed by atoms with Gasteiger partial charge in [0.15, 0.2) is 0 Å². The number of nitrogens with one attached hydrogen (secondary N) is 1. The first-order chi connectivity index (χ1) is 12.2. The zero-order chi connectivity index (χ0) is 17.5. The summed E-state index contributed by atoms with van der Waals surface area (Å²) in [5.41, 5.74) is 1.37. The first-order valence-electron chi connectivity index (χ1n) is 9.65. The fourth-order valence-electron chi connectivity index (χ4n) is 3.91. The molecule has 1 amide bonds. The molecule has 0 spiro atoms. The summed E-state index contributed by atoms with van der Waals surface area (Å²) in [7, 11) is 2.01. The van der Waals surface area contributed by atoms with Gasteiger partial charge < -0.3 is 10.2 Å². The molecule has 0 atom stereocenters. The van der Waals surface area contributed by atoms with Crippen molar-refractivity contribution in [3.8, 4) is 0 Å². The lowest BCUT2D eigenvalue weighted by Crippen LogP contribution is -2.51. The van der Waals surface area contributed by atoms with Crippen molar-refractivity contribution in [2.75, 3.05) is 59.4 Å². The second-order valence-electron chi connectivity index (χ2n) is 7.42. The van der Waals surface area contributed by atoms with Crippen molar-refractivity contribution in [2.45, 2.75) is 19.4 Å². The van der Waals surface area contributed by atoms with E-state index in [9.17, 15) is 4.79 Å². The van der Waals surface area contributed by atoms with E-state index in [-0.39, 0.29) is 0 Å². The molecule has 2 aliphatic heterocycles. The Morgan fingerprint density at radius 1 is 1.00 bits per heavy atom. The van der Waals surface area contributed by atoms with Gasteiger partial charge in [-0.15, -0.1) is 0 Å². The quantitative estimate of drug-likeness (QED) is 0.843. The van der Waals surface area contributed by atoms with Crippen LogP contribution in [0.15, 0.2) is 30.3 Å². The number of likely N-dealkylation sites (tertiary alicyclic amines) is 1. The minimum absolute atomic E-state index is 0.319. The van der Waals surface area contributed by atoms with Gasteiger partial charge in [-0.1, -0.05) is 30.3 Å². The Morgan fingerprint density at radius 2 is 1.64 bits per heavy atom. The van der Waals surface area contributed by atoms with Crippen molar-refractivity contribution >= 4 is 5.91 Å². The maximum atomic E-state index is 12.6. The topological polar surface area (TPSA) is 38.8 Å². The van der Waals surface area contributed by atoms with Gasteiger partial charge in [-0.05, 0) is 37.9 Å². The van der Waals surface area contributed by atoms with Crippen LogP contribution < -0.4 is 5.32 Å². The number of rotatable bonds is 6. The van der Waals surface area contributed by atoms with E-state index >= 15 is 0 Å². The molecule has 138 valence electrons. The van der Waals surface area contributed by atoms with Gasteiger partial charge in [0.2, 0.25) is 5.91 Å². The molecule has 2 fully saturated rings. The van der Waals surface area contributed by atoms with Crippen molar-refractivity contribution in [1.82, 2.24) is 20.0 Å². The van der Waals surface area contributed by atoms with E-state index in [2.05, 4.69) is 50.3 Å². The molecule has 3 rings (SSSR count).